The minimum absolute atomic E-state index is 0.392. The van der Waals surface area contributed by atoms with Gasteiger partial charge < -0.3 is 10.6 Å². The Morgan fingerprint density at radius 1 is 1.12 bits per heavy atom. The fourth-order valence-electron chi connectivity index (χ4n) is 2.35. The van der Waals surface area contributed by atoms with Crippen molar-refractivity contribution in [3.8, 4) is 0 Å². The Morgan fingerprint density at radius 2 is 1.88 bits per heavy atom. The molecule has 1 aromatic heterocycles. The van der Waals surface area contributed by atoms with E-state index in [4.69, 9.17) is 10.7 Å². The van der Waals surface area contributed by atoms with Crippen molar-refractivity contribution >= 4 is 5.82 Å². The Bertz CT molecular complexity index is 365. The molecular formula is C13H19N3. The van der Waals surface area contributed by atoms with Crippen molar-refractivity contribution in [1.82, 2.24) is 4.98 Å². The molecule has 0 amide bonds. The minimum Gasteiger partial charge on any atom is -0.356 e. The zero-order chi connectivity index (χ0) is 11.0. The first kappa shape index (κ1) is 10.1. The van der Waals surface area contributed by atoms with Crippen molar-refractivity contribution in [3.63, 3.8) is 0 Å². The summed E-state index contributed by atoms with van der Waals surface area (Å²) in [5, 5.41) is 0. The number of nitrogens with zero attached hydrogens (tertiary/aromatic N) is 2. The molecule has 16 heavy (non-hydrogen) atoms. The van der Waals surface area contributed by atoms with E-state index in [2.05, 4.69) is 23.1 Å². The molecule has 0 spiro atoms. The number of aromatic nitrogens is 1. The minimum atomic E-state index is 0.392. The van der Waals surface area contributed by atoms with Crippen molar-refractivity contribution in [2.45, 2.75) is 37.6 Å². The lowest BCUT2D eigenvalue weighted by Crippen LogP contribution is -2.40. The van der Waals surface area contributed by atoms with Crippen molar-refractivity contribution in [2.24, 2.45) is 5.73 Å². The zero-order valence-electron chi connectivity index (χ0n) is 9.60. The van der Waals surface area contributed by atoms with Gasteiger partial charge in [0.15, 0.2) is 0 Å². The number of nitrogens with two attached hydrogens (primary N) is 1. The highest BCUT2D eigenvalue weighted by atomic mass is 15.2. The lowest BCUT2D eigenvalue weighted by molar-refractivity contribution is 0.498. The average molecular weight is 217 g/mol. The van der Waals surface area contributed by atoms with Crippen LogP contribution in [0.1, 0.15) is 37.3 Å². The number of rotatable bonds is 2. The van der Waals surface area contributed by atoms with Crippen LogP contribution in [0.2, 0.25) is 0 Å². The van der Waals surface area contributed by atoms with Gasteiger partial charge in [-0.15, -0.1) is 0 Å². The summed E-state index contributed by atoms with van der Waals surface area (Å²) in [6, 6.07) is 6.83. The number of pyridine rings is 1. The molecule has 3 nitrogen and oxygen atoms in total. The molecule has 2 fully saturated rings. The molecule has 1 aromatic rings. The molecule has 0 unspecified atom stereocenters. The second-order valence-corrected chi connectivity index (χ2v) is 5.02. The van der Waals surface area contributed by atoms with E-state index in [-0.39, 0.29) is 0 Å². The van der Waals surface area contributed by atoms with Gasteiger partial charge in [-0.3, -0.25) is 0 Å². The highest BCUT2D eigenvalue weighted by Crippen LogP contribution is 2.39. The topological polar surface area (TPSA) is 42.1 Å². The fraction of sp³-hybridized carbons (Fsp3) is 0.615. The van der Waals surface area contributed by atoms with Crippen LogP contribution in [0.4, 0.5) is 5.82 Å². The van der Waals surface area contributed by atoms with Gasteiger partial charge in [0.2, 0.25) is 0 Å². The van der Waals surface area contributed by atoms with E-state index < -0.39 is 0 Å². The van der Waals surface area contributed by atoms with Gasteiger partial charge in [-0.2, -0.15) is 0 Å². The molecule has 0 aromatic carbocycles. The third kappa shape index (κ3) is 2.05. The van der Waals surface area contributed by atoms with Gasteiger partial charge in [0, 0.05) is 30.7 Å². The van der Waals surface area contributed by atoms with Crippen LogP contribution in [-0.4, -0.2) is 24.1 Å². The van der Waals surface area contributed by atoms with E-state index in [1.54, 1.807) is 0 Å². The molecule has 3 heteroatoms. The molecule has 0 bridgehead atoms. The molecule has 1 aliphatic carbocycles. The lowest BCUT2D eigenvalue weighted by Gasteiger charge is -2.31. The molecule has 2 N–H and O–H groups in total. The van der Waals surface area contributed by atoms with E-state index in [1.807, 2.05) is 0 Å². The summed E-state index contributed by atoms with van der Waals surface area (Å²) in [7, 11) is 0. The maximum absolute atomic E-state index is 5.92. The number of hydrogen-bond donors (Lipinski definition) is 1. The van der Waals surface area contributed by atoms with Gasteiger partial charge in [0.1, 0.15) is 5.82 Å². The quantitative estimate of drug-likeness (QED) is 0.822. The van der Waals surface area contributed by atoms with Gasteiger partial charge in [0.05, 0.1) is 0 Å². The lowest BCUT2D eigenvalue weighted by atomic mass is 10.1. The van der Waals surface area contributed by atoms with E-state index in [9.17, 15) is 0 Å². The summed E-state index contributed by atoms with van der Waals surface area (Å²) in [4.78, 5) is 7.14. The number of anilines is 1. The van der Waals surface area contributed by atoms with Crippen LogP contribution in [0.25, 0.3) is 0 Å². The SMILES string of the molecule is NC1CCN(c2cccc(C3CC3)n2)CC1. The standard InChI is InChI=1S/C13H19N3/c14-11-6-8-16(9-7-11)13-3-1-2-12(15-13)10-4-5-10/h1-3,10-11H,4-9,14H2. The Labute approximate surface area is 96.7 Å². The van der Waals surface area contributed by atoms with Crippen molar-refractivity contribution in [1.29, 1.82) is 0 Å². The van der Waals surface area contributed by atoms with Crippen LogP contribution in [-0.2, 0) is 0 Å². The van der Waals surface area contributed by atoms with E-state index >= 15 is 0 Å². The maximum Gasteiger partial charge on any atom is 0.128 e. The summed E-state index contributed by atoms with van der Waals surface area (Å²) in [6.45, 7) is 2.12. The summed E-state index contributed by atoms with van der Waals surface area (Å²) >= 11 is 0. The fourth-order valence-corrected chi connectivity index (χ4v) is 2.35. The van der Waals surface area contributed by atoms with Crippen molar-refractivity contribution in [3.05, 3.63) is 23.9 Å². The Kier molecular flexibility index (Phi) is 2.56. The molecule has 1 saturated heterocycles. The monoisotopic (exact) mass is 217 g/mol. The van der Waals surface area contributed by atoms with Crippen molar-refractivity contribution in [2.75, 3.05) is 18.0 Å². The second kappa shape index (κ2) is 4.06. The Hall–Kier alpha value is -1.09. The number of hydrogen-bond acceptors (Lipinski definition) is 3. The van der Waals surface area contributed by atoms with Crippen LogP contribution in [0, 0.1) is 0 Å². The predicted octanol–water partition coefficient (Wildman–Crippen LogP) is 1.89. The van der Waals surface area contributed by atoms with Gasteiger partial charge in [-0.1, -0.05) is 6.07 Å². The highest BCUT2D eigenvalue weighted by molar-refractivity contribution is 5.40. The van der Waals surface area contributed by atoms with Crippen molar-refractivity contribution < 1.29 is 0 Å². The van der Waals surface area contributed by atoms with Crippen LogP contribution in [0.3, 0.4) is 0 Å². The van der Waals surface area contributed by atoms with Gasteiger partial charge >= 0.3 is 0 Å². The molecule has 1 aliphatic heterocycles. The van der Waals surface area contributed by atoms with Gasteiger partial charge in [-0.25, -0.2) is 4.98 Å². The number of piperidine rings is 1. The summed E-state index contributed by atoms with van der Waals surface area (Å²) in [6.07, 6.45) is 4.83. The van der Waals surface area contributed by atoms with Crippen LogP contribution >= 0.6 is 0 Å². The molecule has 0 atom stereocenters. The zero-order valence-corrected chi connectivity index (χ0v) is 9.60. The van der Waals surface area contributed by atoms with Gasteiger partial charge in [0.25, 0.3) is 0 Å². The smallest absolute Gasteiger partial charge is 0.128 e. The first-order chi connectivity index (χ1) is 7.83. The molecule has 1 saturated carbocycles. The summed E-state index contributed by atoms with van der Waals surface area (Å²) < 4.78 is 0. The highest BCUT2D eigenvalue weighted by Gasteiger charge is 2.25. The summed E-state index contributed by atoms with van der Waals surface area (Å²) in [5.74, 6) is 1.89. The maximum atomic E-state index is 5.92. The first-order valence-corrected chi connectivity index (χ1v) is 6.30. The molecule has 86 valence electrons. The molecule has 2 heterocycles. The third-order valence-corrected chi connectivity index (χ3v) is 3.62. The van der Waals surface area contributed by atoms with E-state index in [0.717, 1.165) is 37.7 Å². The van der Waals surface area contributed by atoms with Gasteiger partial charge in [-0.05, 0) is 37.8 Å². The normalized spacial score (nSPS) is 22.4. The largest absolute Gasteiger partial charge is 0.356 e. The molecule has 2 aliphatic rings. The van der Waals surface area contributed by atoms with Crippen LogP contribution in [0.15, 0.2) is 18.2 Å². The molecular weight excluding hydrogens is 198 g/mol. The molecule has 3 rings (SSSR count). The third-order valence-electron chi connectivity index (χ3n) is 3.62. The average Bonchev–Trinajstić information content (AvgIpc) is 3.14. The Balaban J connectivity index is 1.75. The van der Waals surface area contributed by atoms with Crippen LogP contribution < -0.4 is 10.6 Å². The van der Waals surface area contributed by atoms with E-state index in [0.29, 0.717) is 6.04 Å². The summed E-state index contributed by atoms with van der Waals surface area (Å²) in [5.41, 5.74) is 7.20. The predicted molar refractivity (Wildman–Crippen MR) is 65.6 cm³/mol. The van der Waals surface area contributed by atoms with Crippen LogP contribution in [0.5, 0.6) is 0 Å². The molecule has 0 radical (unpaired) electrons. The second-order valence-electron chi connectivity index (χ2n) is 5.02. The first-order valence-electron chi connectivity index (χ1n) is 6.30. The van der Waals surface area contributed by atoms with E-state index in [1.165, 1.54) is 18.5 Å². The Morgan fingerprint density at radius 3 is 2.56 bits per heavy atom.